The molecule has 0 saturated heterocycles. The van der Waals surface area contributed by atoms with Crippen LogP contribution in [-0.4, -0.2) is 18.5 Å². The minimum Gasteiger partial charge on any atom is -0.279 e. The van der Waals surface area contributed by atoms with Crippen LogP contribution in [0.2, 0.25) is 0 Å². The average Bonchev–Trinajstić information content (AvgIpc) is 2.34. The van der Waals surface area contributed by atoms with Crippen LogP contribution in [0.3, 0.4) is 0 Å². The van der Waals surface area contributed by atoms with E-state index in [9.17, 15) is 0 Å². The average molecular weight is 132 g/mol. The first-order valence-corrected chi connectivity index (χ1v) is 3.33. The Morgan fingerprint density at radius 2 is 2.40 bits per heavy atom. The van der Waals surface area contributed by atoms with Crippen molar-refractivity contribution in [2.24, 2.45) is 9.98 Å². The minimum atomic E-state index is 0.213. The smallest absolute Gasteiger partial charge is 0.111 e. The second-order valence-electron chi connectivity index (χ2n) is 2.45. The van der Waals surface area contributed by atoms with Gasteiger partial charge < -0.3 is 0 Å². The maximum Gasteiger partial charge on any atom is 0.111 e. The first-order valence-electron chi connectivity index (χ1n) is 3.33. The van der Waals surface area contributed by atoms with E-state index in [2.05, 4.69) is 16.1 Å². The van der Waals surface area contributed by atoms with Gasteiger partial charge in [0.15, 0.2) is 0 Å². The quantitative estimate of drug-likeness (QED) is 0.475. The Morgan fingerprint density at radius 3 is 3.20 bits per heavy atom. The van der Waals surface area contributed by atoms with Crippen molar-refractivity contribution < 1.29 is 0 Å². The third-order valence-electron chi connectivity index (χ3n) is 1.71. The SMILES string of the molecule is CC1=C2N=CC=CC2N=C1. The molecule has 0 saturated carbocycles. The number of hydrogen-bond acceptors (Lipinski definition) is 2. The molecule has 2 rings (SSSR count). The predicted octanol–water partition coefficient (Wildman–Crippen LogP) is 1.35. The number of aliphatic imine (C=N–C) groups is 2. The van der Waals surface area contributed by atoms with Gasteiger partial charge in [-0.15, -0.1) is 0 Å². The van der Waals surface area contributed by atoms with Gasteiger partial charge in [0.1, 0.15) is 6.04 Å². The van der Waals surface area contributed by atoms with Gasteiger partial charge in [-0.25, -0.2) is 0 Å². The van der Waals surface area contributed by atoms with E-state index in [1.807, 2.05) is 25.4 Å². The van der Waals surface area contributed by atoms with Crippen LogP contribution >= 0.6 is 0 Å². The normalized spacial score (nSPS) is 27.9. The summed E-state index contributed by atoms with van der Waals surface area (Å²) >= 11 is 0. The number of hydrogen-bond donors (Lipinski definition) is 0. The highest BCUT2D eigenvalue weighted by Crippen LogP contribution is 2.21. The van der Waals surface area contributed by atoms with Crippen LogP contribution in [0.1, 0.15) is 6.92 Å². The van der Waals surface area contributed by atoms with Crippen molar-refractivity contribution in [3.63, 3.8) is 0 Å². The van der Waals surface area contributed by atoms with Crippen molar-refractivity contribution in [2.75, 3.05) is 0 Å². The number of rotatable bonds is 0. The summed E-state index contributed by atoms with van der Waals surface area (Å²) in [5.74, 6) is 0. The van der Waals surface area contributed by atoms with Crippen LogP contribution in [0, 0.1) is 0 Å². The topological polar surface area (TPSA) is 24.7 Å². The summed E-state index contributed by atoms with van der Waals surface area (Å²) < 4.78 is 0. The van der Waals surface area contributed by atoms with E-state index in [-0.39, 0.29) is 6.04 Å². The summed E-state index contributed by atoms with van der Waals surface area (Å²) in [6, 6.07) is 0.213. The van der Waals surface area contributed by atoms with Crippen LogP contribution in [0.5, 0.6) is 0 Å². The molecule has 1 unspecified atom stereocenters. The van der Waals surface area contributed by atoms with Crippen molar-refractivity contribution in [1.82, 2.24) is 0 Å². The van der Waals surface area contributed by atoms with Crippen LogP contribution in [0.15, 0.2) is 33.4 Å². The Balaban J connectivity index is 2.46. The second-order valence-corrected chi connectivity index (χ2v) is 2.45. The summed E-state index contributed by atoms with van der Waals surface area (Å²) in [5.41, 5.74) is 2.29. The zero-order chi connectivity index (χ0) is 6.97. The molecule has 0 N–H and O–H groups in total. The lowest BCUT2D eigenvalue weighted by Crippen LogP contribution is -2.03. The molecule has 0 spiro atoms. The molecule has 0 bridgehead atoms. The van der Waals surface area contributed by atoms with Crippen molar-refractivity contribution >= 4 is 12.4 Å². The lowest BCUT2D eigenvalue weighted by Gasteiger charge is -2.06. The summed E-state index contributed by atoms with van der Waals surface area (Å²) in [4.78, 5) is 8.45. The molecule has 2 heteroatoms. The second kappa shape index (κ2) is 1.90. The summed E-state index contributed by atoms with van der Waals surface area (Å²) in [7, 11) is 0. The van der Waals surface area contributed by atoms with Gasteiger partial charge in [0, 0.05) is 12.4 Å². The van der Waals surface area contributed by atoms with Crippen molar-refractivity contribution in [3.8, 4) is 0 Å². The van der Waals surface area contributed by atoms with E-state index < -0.39 is 0 Å². The summed E-state index contributed by atoms with van der Waals surface area (Å²) in [5, 5.41) is 0. The highest BCUT2D eigenvalue weighted by atomic mass is 14.9. The van der Waals surface area contributed by atoms with Crippen LogP contribution < -0.4 is 0 Å². The monoisotopic (exact) mass is 132 g/mol. The van der Waals surface area contributed by atoms with E-state index >= 15 is 0 Å². The molecule has 0 aliphatic carbocycles. The Morgan fingerprint density at radius 1 is 1.50 bits per heavy atom. The Hall–Kier alpha value is -1.18. The molecule has 0 amide bonds. The number of dihydropyridines is 1. The van der Waals surface area contributed by atoms with Gasteiger partial charge in [-0.05, 0) is 18.6 Å². The maximum absolute atomic E-state index is 4.24. The fourth-order valence-corrected chi connectivity index (χ4v) is 1.16. The van der Waals surface area contributed by atoms with E-state index in [0.29, 0.717) is 0 Å². The lowest BCUT2D eigenvalue weighted by atomic mass is 10.1. The van der Waals surface area contributed by atoms with Gasteiger partial charge >= 0.3 is 0 Å². The standard InChI is InChI=1S/C8H8N2/c1-6-5-10-7-3-2-4-9-8(6)7/h2-5,7H,1H3. The molecular weight excluding hydrogens is 124 g/mol. The molecule has 50 valence electrons. The number of fused-ring (bicyclic) bond motifs is 1. The first kappa shape index (κ1) is 5.59. The third-order valence-corrected chi connectivity index (χ3v) is 1.71. The zero-order valence-electron chi connectivity index (χ0n) is 5.78. The van der Waals surface area contributed by atoms with Gasteiger partial charge in [0.05, 0.1) is 5.70 Å². The number of nitrogens with zero attached hydrogens (tertiary/aromatic N) is 2. The number of allylic oxidation sites excluding steroid dienone is 2. The molecule has 2 aliphatic heterocycles. The molecule has 0 aromatic heterocycles. The van der Waals surface area contributed by atoms with Gasteiger partial charge in [-0.3, -0.25) is 9.98 Å². The lowest BCUT2D eigenvalue weighted by molar-refractivity contribution is 0.949. The molecule has 0 aromatic rings. The third kappa shape index (κ3) is 0.652. The van der Waals surface area contributed by atoms with E-state index in [1.54, 1.807) is 0 Å². The van der Waals surface area contributed by atoms with E-state index in [0.717, 1.165) is 5.70 Å². The molecule has 0 aromatic carbocycles. The van der Waals surface area contributed by atoms with E-state index in [1.165, 1.54) is 5.57 Å². The van der Waals surface area contributed by atoms with Crippen molar-refractivity contribution in [1.29, 1.82) is 0 Å². The van der Waals surface area contributed by atoms with Gasteiger partial charge in [0.2, 0.25) is 0 Å². The maximum atomic E-state index is 4.24. The summed E-state index contributed by atoms with van der Waals surface area (Å²) in [6.07, 6.45) is 7.68. The Labute approximate surface area is 59.7 Å². The van der Waals surface area contributed by atoms with Crippen LogP contribution in [-0.2, 0) is 0 Å². The van der Waals surface area contributed by atoms with Crippen molar-refractivity contribution in [2.45, 2.75) is 13.0 Å². The van der Waals surface area contributed by atoms with Gasteiger partial charge in [0.25, 0.3) is 0 Å². The highest BCUT2D eigenvalue weighted by molar-refractivity contribution is 5.86. The molecular formula is C8H8N2. The summed E-state index contributed by atoms with van der Waals surface area (Å²) in [6.45, 7) is 2.04. The molecule has 10 heavy (non-hydrogen) atoms. The molecule has 1 atom stereocenters. The molecule has 2 nitrogen and oxygen atoms in total. The fourth-order valence-electron chi connectivity index (χ4n) is 1.16. The van der Waals surface area contributed by atoms with Crippen molar-refractivity contribution in [3.05, 3.63) is 23.4 Å². The first-order chi connectivity index (χ1) is 4.88. The molecule has 0 fully saturated rings. The zero-order valence-corrected chi connectivity index (χ0v) is 5.78. The fraction of sp³-hybridized carbons (Fsp3) is 0.250. The van der Waals surface area contributed by atoms with Gasteiger partial charge in [-0.1, -0.05) is 6.08 Å². The minimum absolute atomic E-state index is 0.213. The molecule has 2 heterocycles. The van der Waals surface area contributed by atoms with Gasteiger partial charge in [-0.2, -0.15) is 0 Å². The van der Waals surface area contributed by atoms with Crippen LogP contribution in [0.4, 0.5) is 0 Å². The predicted molar refractivity (Wildman–Crippen MR) is 42.6 cm³/mol. The largest absolute Gasteiger partial charge is 0.279 e. The highest BCUT2D eigenvalue weighted by Gasteiger charge is 2.16. The Kier molecular flexibility index (Phi) is 1.07. The van der Waals surface area contributed by atoms with E-state index in [4.69, 9.17) is 0 Å². The molecule has 0 radical (unpaired) electrons. The van der Waals surface area contributed by atoms with Crippen LogP contribution in [0.25, 0.3) is 0 Å². The molecule has 2 aliphatic rings. The Bertz CT molecular complexity index is 269.